The summed E-state index contributed by atoms with van der Waals surface area (Å²) in [5.74, 6) is 0.753. The second-order valence-electron chi connectivity index (χ2n) is 3.40. The summed E-state index contributed by atoms with van der Waals surface area (Å²) in [7, 11) is 0. The van der Waals surface area contributed by atoms with Crippen molar-refractivity contribution in [3.63, 3.8) is 0 Å². The van der Waals surface area contributed by atoms with Gasteiger partial charge in [0.15, 0.2) is 0 Å². The van der Waals surface area contributed by atoms with Gasteiger partial charge in [-0.15, -0.1) is 0 Å². The van der Waals surface area contributed by atoms with E-state index >= 15 is 0 Å². The van der Waals surface area contributed by atoms with Crippen molar-refractivity contribution >= 4 is 17.5 Å². The molecule has 0 aliphatic carbocycles. The molecule has 0 aliphatic rings. The highest BCUT2D eigenvalue weighted by atomic mass is 35.5. The number of hydrogen-bond donors (Lipinski definition) is 1. The Balaban J connectivity index is 2.20. The molecular weight excluding hydrogens is 226 g/mol. The highest BCUT2D eigenvalue weighted by Gasteiger charge is 2.00. The Kier molecular flexibility index (Phi) is 5.72. The minimum absolute atomic E-state index is 0.0239. The summed E-state index contributed by atoms with van der Waals surface area (Å²) in [5, 5.41) is 3.46. The quantitative estimate of drug-likeness (QED) is 0.832. The van der Waals surface area contributed by atoms with Crippen molar-refractivity contribution in [2.45, 2.75) is 19.8 Å². The molecule has 0 saturated heterocycles. The summed E-state index contributed by atoms with van der Waals surface area (Å²) in [6.45, 7) is 3.13. The Bertz CT molecular complexity index is 324. The Morgan fingerprint density at radius 1 is 1.38 bits per heavy atom. The highest BCUT2D eigenvalue weighted by molar-refractivity contribution is 6.30. The van der Waals surface area contributed by atoms with E-state index in [1.54, 1.807) is 24.3 Å². The van der Waals surface area contributed by atoms with Gasteiger partial charge in [0.1, 0.15) is 5.75 Å². The zero-order chi connectivity index (χ0) is 11.8. The number of hydrogen-bond acceptors (Lipinski definition) is 2. The lowest BCUT2D eigenvalue weighted by atomic mass is 10.3. The molecule has 0 atom stereocenters. The molecule has 3 nitrogen and oxygen atoms in total. The number of nitrogens with one attached hydrogen (secondary N) is 1. The number of carbonyl (C=O) groups excluding carboxylic acids is 1. The number of rotatable bonds is 6. The van der Waals surface area contributed by atoms with E-state index in [1.807, 2.05) is 6.92 Å². The summed E-state index contributed by atoms with van der Waals surface area (Å²) in [6.07, 6.45) is 1.33. The predicted octanol–water partition coefficient (Wildman–Crippen LogP) is 2.64. The van der Waals surface area contributed by atoms with E-state index in [2.05, 4.69) is 5.32 Å². The fraction of sp³-hybridized carbons (Fsp3) is 0.417. The van der Waals surface area contributed by atoms with Gasteiger partial charge in [-0.25, -0.2) is 0 Å². The van der Waals surface area contributed by atoms with Crippen LogP contribution in [0, 0.1) is 0 Å². The Labute approximate surface area is 101 Å². The molecule has 1 amide bonds. The van der Waals surface area contributed by atoms with Gasteiger partial charge < -0.3 is 10.1 Å². The third kappa shape index (κ3) is 5.03. The second-order valence-corrected chi connectivity index (χ2v) is 3.84. The molecule has 1 N–H and O–H groups in total. The van der Waals surface area contributed by atoms with Crippen LogP contribution in [-0.4, -0.2) is 19.1 Å². The monoisotopic (exact) mass is 241 g/mol. The molecule has 0 spiro atoms. The Hall–Kier alpha value is -1.22. The molecule has 0 aromatic heterocycles. The molecule has 1 rings (SSSR count). The van der Waals surface area contributed by atoms with Crippen molar-refractivity contribution in [3.05, 3.63) is 29.3 Å². The fourth-order valence-electron chi connectivity index (χ4n) is 1.15. The molecule has 0 heterocycles. The smallest absolute Gasteiger partial charge is 0.223 e. The van der Waals surface area contributed by atoms with Crippen LogP contribution < -0.4 is 10.1 Å². The maximum absolute atomic E-state index is 11.2. The first-order chi connectivity index (χ1) is 7.72. The van der Waals surface area contributed by atoms with Crippen LogP contribution in [0.1, 0.15) is 19.8 Å². The van der Waals surface area contributed by atoms with Crippen LogP contribution in [0.3, 0.4) is 0 Å². The van der Waals surface area contributed by atoms with Gasteiger partial charge in [-0.3, -0.25) is 4.79 Å². The van der Waals surface area contributed by atoms with Gasteiger partial charge in [-0.1, -0.05) is 18.5 Å². The van der Waals surface area contributed by atoms with Crippen molar-refractivity contribution in [1.82, 2.24) is 5.32 Å². The van der Waals surface area contributed by atoms with E-state index in [1.165, 1.54) is 0 Å². The molecular formula is C12H16ClNO2. The molecule has 0 unspecified atom stereocenters. The van der Waals surface area contributed by atoms with Crippen molar-refractivity contribution in [1.29, 1.82) is 0 Å². The van der Waals surface area contributed by atoms with Crippen LogP contribution >= 0.6 is 11.6 Å². The van der Waals surface area contributed by atoms with Crippen molar-refractivity contribution in [2.24, 2.45) is 0 Å². The SMILES string of the molecule is CCCNC(=O)CCOc1ccc(Cl)cc1. The molecule has 16 heavy (non-hydrogen) atoms. The number of halogens is 1. The highest BCUT2D eigenvalue weighted by Crippen LogP contribution is 2.15. The fourth-order valence-corrected chi connectivity index (χ4v) is 1.27. The molecule has 1 aromatic carbocycles. The normalized spacial score (nSPS) is 9.88. The van der Waals surface area contributed by atoms with Crippen LogP contribution in [0.5, 0.6) is 5.75 Å². The first kappa shape index (κ1) is 12.8. The van der Waals surface area contributed by atoms with Crippen LogP contribution in [0.4, 0.5) is 0 Å². The molecule has 4 heteroatoms. The summed E-state index contributed by atoms with van der Waals surface area (Å²) < 4.78 is 5.39. The largest absolute Gasteiger partial charge is 0.493 e. The third-order valence-electron chi connectivity index (χ3n) is 1.98. The van der Waals surface area contributed by atoms with E-state index < -0.39 is 0 Å². The lowest BCUT2D eigenvalue weighted by Crippen LogP contribution is -2.25. The van der Waals surface area contributed by atoms with Gasteiger partial charge in [-0.2, -0.15) is 0 Å². The number of amides is 1. The van der Waals surface area contributed by atoms with E-state index in [9.17, 15) is 4.79 Å². The number of benzene rings is 1. The molecule has 88 valence electrons. The van der Waals surface area contributed by atoms with Crippen LogP contribution in [0.2, 0.25) is 5.02 Å². The van der Waals surface area contributed by atoms with E-state index in [0.29, 0.717) is 18.1 Å². The van der Waals surface area contributed by atoms with Gasteiger partial charge >= 0.3 is 0 Å². The van der Waals surface area contributed by atoms with Crippen LogP contribution in [0.25, 0.3) is 0 Å². The number of ether oxygens (including phenoxy) is 1. The minimum Gasteiger partial charge on any atom is -0.493 e. The van der Waals surface area contributed by atoms with Crippen molar-refractivity contribution in [2.75, 3.05) is 13.2 Å². The van der Waals surface area contributed by atoms with Crippen LogP contribution in [-0.2, 0) is 4.79 Å². The summed E-state index contributed by atoms with van der Waals surface area (Å²) in [6, 6.07) is 7.08. The predicted molar refractivity (Wildman–Crippen MR) is 64.9 cm³/mol. The topological polar surface area (TPSA) is 38.3 Å². The van der Waals surface area contributed by atoms with Crippen LogP contribution in [0.15, 0.2) is 24.3 Å². The van der Waals surface area contributed by atoms with Crippen molar-refractivity contribution in [3.8, 4) is 5.75 Å². The van der Waals surface area contributed by atoms with E-state index in [4.69, 9.17) is 16.3 Å². The Morgan fingerprint density at radius 3 is 2.69 bits per heavy atom. The zero-order valence-electron chi connectivity index (χ0n) is 9.33. The summed E-state index contributed by atoms with van der Waals surface area (Å²) in [5.41, 5.74) is 0. The summed E-state index contributed by atoms with van der Waals surface area (Å²) in [4.78, 5) is 11.2. The zero-order valence-corrected chi connectivity index (χ0v) is 10.1. The number of carbonyl (C=O) groups is 1. The van der Waals surface area contributed by atoms with E-state index in [0.717, 1.165) is 18.7 Å². The lowest BCUT2D eigenvalue weighted by Gasteiger charge is -2.06. The maximum Gasteiger partial charge on any atom is 0.223 e. The van der Waals surface area contributed by atoms with Gasteiger partial charge in [0.05, 0.1) is 13.0 Å². The average molecular weight is 242 g/mol. The van der Waals surface area contributed by atoms with Crippen molar-refractivity contribution < 1.29 is 9.53 Å². The summed E-state index contributed by atoms with van der Waals surface area (Å²) >= 11 is 5.73. The maximum atomic E-state index is 11.2. The van der Waals surface area contributed by atoms with Gasteiger partial charge in [0, 0.05) is 11.6 Å². The Morgan fingerprint density at radius 2 is 2.06 bits per heavy atom. The first-order valence-corrected chi connectivity index (χ1v) is 5.75. The third-order valence-corrected chi connectivity index (χ3v) is 2.24. The molecule has 0 bridgehead atoms. The molecule has 0 saturated carbocycles. The first-order valence-electron chi connectivity index (χ1n) is 5.37. The second kappa shape index (κ2) is 7.12. The molecule has 0 radical (unpaired) electrons. The molecule has 0 aliphatic heterocycles. The average Bonchev–Trinajstić information content (AvgIpc) is 2.29. The minimum atomic E-state index is 0.0239. The molecule has 0 fully saturated rings. The van der Waals surface area contributed by atoms with E-state index in [-0.39, 0.29) is 5.91 Å². The standard InChI is InChI=1S/C12H16ClNO2/c1-2-8-14-12(15)7-9-16-11-5-3-10(13)4-6-11/h3-6H,2,7-9H2,1H3,(H,14,15). The lowest BCUT2D eigenvalue weighted by molar-refractivity contribution is -0.121. The van der Waals surface area contributed by atoms with Gasteiger partial charge in [-0.05, 0) is 30.7 Å². The van der Waals surface area contributed by atoms with Gasteiger partial charge in [0.25, 0.3) is 0 Å². The molecule has 1 aromatic rings. The van der Waals surface area contributed by atoms with Gasteiger partial charge in [0.2, 0.25) is 5.91 Å².